The van der Waals surface area contributed by atoms with Gasteiger partial charge in [0.15, 0.2) is 0 Å². The first-order valence-corrected chi connectivity index (χ1v) is 4.11. The summed E-state index contributed by atoms with van der Waals surface area (Å²) in [5.74, 6) is -0.351. The molecule has 5 nitrogen and oxygen atoms in total. The predicted molar refractivity (Wildman–Crippen MR) is 53.2 cm³/mol. The summed E-state index contributed by atoms with van der Waals surface area (Å²) in [6, 6.07) is 0. The molecular formula is C7H10N4OS. The number of carbonyl (C=O) groups is 1. The van der Waals surface area contributed by atoms with E-state index < -0.39 is 5.92 Å². The van der Waals surface area contributed by atoms with Gasteiger partial charge in [0.05, 0.1) is 10.9 Å². The number of H-pyrrole nitrogens is 1. The summed E-state index contributed by atoms with van der Waals surface area (Å²) in [4.78, 5) is 18.0. The van der Waals surface area contributed by atoms with Crippen molar-refractivity contribution >= 4 is 29.1 Å². The maximum absolute atomic E-state index is 11.3. The Morgan fingerprint density at radius 2 is 2.54 bits per heavy atom. The number of aromatic nitrogens is 2. The number of nitrogens with zero attached hydrogens (tertiary/aromatic N) is 1. The lowest BCUT2D eigenvalue weighted by molar-refractivity contribution is -0.117. The number of carbonyl (C=O) groups excluding carboxylic acids is 1. The second kappa shape index (κ2) is 3.99. The Morgan fingerprint density at radius 1 is 1.85 bits per heavy atom. The van der Waals surface area contributed by atoms with E-state index in [0.29, 0.717) is 5.95 Å². The highest BCUT2D eigenvalue weighted by Gasteiger charge is 2.15. The first-order chi connectivity index (χ1) is 6.11. The van der Waals surface area contributed by atoms with Crippen LogP contribution in [0.4, 0.5) is 5.95 Å². The van der Waals surface area contributed by atoms with Crippen molar-refractivity contribution in [2.75, 3.05) is 5.32 Å². The van der Waals surface area contributed by atoms with Gasteiger partial charge in [-0.05, 0) is 6.92 Å². The van der Waals surface area contributed by atoms with Crippen LogP contribution in [-0.2, 0) is 4.79 Å². The Kier molecular flexibility index (Phi) is 2.97. The molecule has 0 saturated heterocycles. The van der Waals surface area contributed by atoms with Gasteiger partial charge in [-0.1, -0.05) is 12.2 Å². The third-order valence-corrected chi connectivity index (χ3v) is 1.91. The molecule has 0 fully saturated rings. The van der Waals surface area contributed by atoms with Gasteiger partial charge in [-0.3, -0.25) is 10.1 Å². The zero-order valence-corrected chi connectivity index (χ0v) is 7.89. The maximum atomic E-state index is 11.3. The maximum Gasteiger partial charge on any atom is 0.236 e. The zero-order chi connectivity index (χ0) is 9.84. The molecule has 70 valence electrons. The Bertz CT molecular complexity index is 308. The molecular weight excluding hydrogens is 188 g/mol. The van der Waals surface area contributed by atoms with Gasteiger partial charge < -0.3 is 10.7 Å². The summed E-state index contributed by atoms with van der Waals surface area (Å²) in [7, 11) is 0. The van der Waals surface area contributed by atoms with Crippen molar-refractivity contribution in [3.05, 3.63) is 12.4 Å². The molecule has 0 aliphatic rings. The van der Waals surface area contributed by atoms with Crippen molar-refractivity contribution in [3.63, 3.8) is 0 Å². The van der Waals surface area contributed by atoms with E-state index in [-0.39, 0.29) is 10.9 Å². The first-order valence-electron chi connectivity index (χ1n) is 3.71. The summed E-state index contributed by atoms with van der Waals surface area (Å²) in [5, 5.41) is 2.53. The van der Waals surface area contributed by atoms with E-state index in [1.807, 2.05) is 0 Å². The second-order valence-corrected chi connectivity index (χ2v) is 3.02. The highest BCUT2D eigenvalue weighted by Crippen LogP contribution is 2.01. The lowest BCUT2D eigenvalue weighted by Crippen LogP contribution is -2.31. The fraction of sp³-hybridized carbons (Fsp3) is 0.286. The molecule has 0 aliphatic carbocycles. The lowest BCUT2D eigenvalue weighted by Gasteiger charge is -2.07. The van der Waals surface area contributed by atoms with Crippen LogP contribution in [0.5, 0.6) is 0 Å². The Balaban J connectivity index is 2.56. The molecule has 13 heavy (non-hydrogen) atoms. The number of hydrogen-bond acceptors (Lipinski definition) is 3. The van der Waals surface area contributed by atoms with Gasteiger partial charge in [-0.2, -0.15) is 0 Å². The molecule has 4 N–H and O–H groups in total. The van der Waals surface area contributed by atoms with E-state index in [1.165, 1.54) is 0 Å². The van der Waals surface area contributed by atoms with Crippen molar-refractivity contribution in [1.82, 2.24) is 9.97 Å². The standard InChI is InChI=1S/C7H10N4OS/c1-4(5(8)13)6(12)11-7-9-2-3-10-7/h2-4H,1H3,(H2,8,13)(H2,9,10,11,12). The highest BCUT2D eigenvalue weighted by molar-refractivity contribution is 7.80. The number of anilines is 1. The molecule has 0 spiro atoms. The van der Waals surface area contributed by atoms with E-state index in [4.69, 9.17) is 5.73 Å². The minimum atomic E-state index is -0.486. The molecule has 0 aromatic carbocycles. The molecule has 0 bridgehead atoms. The van der Waals surface area contributed by atoms with Crippen LogP contribution in [-0.4, -0.2) is 20.9 Å². The largest absolute Gasteiger partial charge is 0.393 e. The minimum Gasteiger partial charge on any atom is -0.393 e. The topological polar surface area (TPSA) is 83.8 Å². The van der Waals surface area contributed by atoms with Crippen molar-refractivity contribution in [3.8, 4) is 0 Å². The van der Waals surface area contributed by atoms with Crippen LogP contribution >= 0.6 is 12.2 Å². The van der Waals surface area contributed by atoms with Gasteiger partial charge in [0.2, 0.25) is 11.9 Å². The van der Waals surface area contributed by atoms with Crippen LogP contribution in [0.15, 0.2) is 12.4 Å². The van der Waals surface area contributed by atoms with E-state index in [2.05, 4.69) is 27.5 Å². The van der Waals surface area contributed by atoms with Crippen LogP contribution < -0.4 is 11.1 Å². The van der Waals surface area contributed by atoms with E-state index in [9.17, 15) is 4.79 Å². The third kappa shape index (κ3) is 2.51. The Hall–Kier alpha value is -1.43. The summed E-state index contributed by atoms with van der Waals surface area (Å²) < 4.78 is 0. The molecule has 1 heterocycles. The SMILES string of the molecule is CC(C(=O)Nc1ncc[nH]1)C(N)=S. The summed E-state index contributed by atoms with van der Waals surface area (Å²) in [5.41, 5.74) is 5.31. The first kappa shape index (κ1) is 9.66. The molecule has 1 rings (SSSR count). The molecule has 1 unspecified atom stereocenters. The molecule has 0 radical (unpaired) electrons. The number of rotatable bonds is 3. The second-order valence-electron chi connectivity index (χ2n) is 2.55. The van der Waals surface area contributed by atoms with Gasteiger partial charge in [-0.25, -0.2) is 4.98 Å². The number of thiocarbonyl (C=S) groups is 1. The molecule has 6 heteroatoms. The average molecular weight is 198 g/mol. The normalized spacial score (nSPS) is 12.1. The third-order valence-electron chi connectivity index (χ3n) is 1.56. The summed E-state index contributed by atoms with van der Waals surface area (Å²) in [6.07, 6.45) is 3.15. The number of nitrogens with two attached hydrogens (primary N) is 1. The minimum absolute atomic E-state index is 0.170. The van der Waals surface area contributed by atoms with Crippen molar-refractivity contribution in [1.29, 1.82) is 0 Å². The molecule has 1 amide bonds. The Morgan fingerprint density at radius 3 is 3.00 bits per heavy atom. The van der Waals surface area contributed by atoms with Crippen molar-refractivity contribution in [2.45, 2.75) is 6.92 Å². The number of imidazole rings is 1. The summed E-state index contributed by atoms with van der Waals surface area (Å²) >= 11 is 4.68. The molecule has 1 atom stereocenters. The smallest absolute Gasteiger partial charge is 0.236 e. The quantitative estimate of drug-likeness (QED) is 0.609. The molecule has 1 aromatic rings. The zero-order valence-electron chi connectivity index (χ0n) is 7.07. The van der Waals surface area contributed by atoms with Crippen LogP contribution in [0.1, 0.15) is 6.92 Å². The number of nitrogens with one attached hydrogen (secondary N) is 2. The monoisotopic (exact) mass is 198 g/mol. The summed E-state index contributed by atoms with van der Waals surface area (Å²) in [6.45, 7) is 1.64. The van der Waals surface area contributed by atoms with Gasteiger partial charge in [-0.15, -0.1) is 0 Å². The van der Waals surface area contributed by atoms with Gasteiger partial charge in [0.1, 0.15) is 0 Å². The van der Waals surface area contributed by atoms with E-state index in [0.717, 1.165) is 0 Å². The van der Waals surface area contributed by atoms with Crippen molar-refractivity contribution < 1.29 is 4.79 Å². The molecule has 0 saturated carbocycles. The van der Waals surface area contributed by atoms with Gasteiger partial charge in [0, 0.05) is 12.4 Å². The highest BCUT2D eigenvalue weighted by atomic mass is 32.1. The Labute approximate surface area is 80.7 Å². The number of aromatic amines is 1. The molecule has 0 aliphatic heterocycles. The van der Waals surface area contributed by atoms with E-state index in [1.54, 1.807) is 19.3 Å². The van der Waals surface area contributed by atoms with Crippen LogP contribution in [0.25, 0.3) is 0 Å². The van der Waals surface area contributed by atoms with Crippen LogP contribution in [0, 0.1) is 5.92 Å². The van der Waals surface area contributed by atoms with Gasteiger partial charge in [0.25, 0.3) is 0 Å². The number of hydrogen-bond donors (Lipinski definition) is 3. The fourth-order valence-electron chi connectivity index (χ4n) is 0.688. The molecule has 1 aromatic heterocycles. The average Bonchev–Trinajstić information content (AvgIpc) is 2.55. The fourth-order valence-corrected chi connectivity index (χ4v) is 0.795. The van der Waals surface area contributed by atoms with Crippen LogP contribution in [0.3, 0.4) is 0 Å². The number of amides is 1. The van der Waals surface area contributed by atoms with Crippen molar-refractivity contribution in [2.24, 2.45) is 11.7 Å². The van der Waals surface area contributed by atoms with Gasteiger partial charge >= 0.3 is 0 Å². The predicted octanol–water partition coefficient (Wildman–Crippen LogP) is 0.270. The van der Waals surface area contributed by atoms with Crippen LogP contribution in [0.2, 0.25) is 0 Å². The van der Waals surface area contributed by atoms with E-state index >= 15 is 0 Å². The lowest BCUT2D eigenvalue weighted by atomic mass is 10.2.